The fraction of sp³-hybridized carbons (Fsp3) is 0.167. The SMILES string of the molecule is COc1ccc(N2C(=O)/C(=C/c3cc(C)n(-c4cc(C)ccn4)c3C)C(=O)NC2=S)cc1. The van der Waals surface area contributed by atoms with Crippen molar-refractivity contribution < 1.29 is 14.3 Å². The van der Waals surface area contributed by atoms with Crippen molar-refractivity contribution in [1.82, 2.24) is 14.9 Å². The molecule has 0 unspecified atom stereocenters. The Labute approximate surface area is 191 Å². The molecule has 3 aromatic rings. The largest absolute Gasteiger partial charge is 0.497 e. The summed E-state index contributed by atoms with van der Waals surface area (Å²) in [5.41, 5.74) is 4.21. The molecule has 162 valence electrons. The first-order valence-corrected chi connectivity index (χ1v) is 10.4. The van der Waals surface area contributed by atoms with Crippen LogP contribution in [0.4, 0.5) is 5.69 Å². The molecular weight excluding hydrogens is 424 g/mol. The monoisotopic (exact) mass is 446 g/mol. The van der Waals surface area contributed by atoms with Crippen molar-refractivity contribution in [3.63, 3.8) is 0 Å². The molecule has 1 N–H and O–H groups in total. The van der Waals surface area contributed by atoms with Crippen LogP contribution in [0.25, 0.3) is 11.9 Å². The van der Waals surface area contributed by atoms with Crippen LogP contribution in [0.5, 0.6) is 5.75 Å². The molecule has 0 aliphatic carbocycles. The van der Waals surface area contributed by atoms with E-state index in [4.69, 9.17) is 17.0 Å². The molecule has 1 aliphatic rings. The van der Waals surface area contributed by atoms with Gasteiger partial charge in [0.1, 0.15) is 17.1 Å². The van der Waals surface area contributed by atoms with Crippen molar-refractivity contribution in [2.75, 3.05) is 12.0 Å². The summed E-state index contributed by atoms with van der Waals surface area (Å²) in [5, 5.41) is 2.65. The number of nitrogens with one attached hydrogen (secondary N) is 1. The number of carbonyl (C=O) groups is 2. The maximum Gasteiger partial charge on any atom is 0.270 e. The van der Waals surface area contributed by atoms with E-state index in [-0.39, 0.29) is 10.7 Å². The maximum atomic E-state index is 13.3. The highest BCUT2D eigenvalue weighted by Crippen LogP contribution is 2.26. The molecule has 0 bridgehead atoms. The summed E-state index contributed by atoms with van der Waals surface area (Å²) in [6, 6.07) is 12.7. The highest BCUT2D eigenvalue weighted by molar-refractivity contribution is 7.80. The Morgan fingerprint density at radius 1 is 1.06 bits per heavy atom. The number of benzene rings is 1. The molecule has 0 radical (unpaired) electrons. The normalized spacial score (nSPS) is 15.3. The van der Waals surface area contributed by atoms with Gasteiger partial charge >= 0.3 is 0 Å². The van der Waals surface area contributed by atoms with Gasteiger partial charge in [-0.2, -0.15) is 0 Å². The third-order valence-corrected chi connectivity index (χ3v) is 5.62. The Bertz CT molecular complexity index is 1270. The third kappa shape index (κ3) is 3.80. The van der Waals surface area contributed by atoms with Crippen molar-refractivity contribution in [2.24, 2.45) is 0 Å². The summed E-state index contributed by atoms with van der Waals surface area (Å²) in [7, 11) is 1.56. The lowest BCUT2D eigenvalue weighted by molar-refractivity contribution is -0.122. The fourth-order valence-electron chi connectivity index (χ4n) is 3.71. The zero-order valence-electron chi connectivity index (χ0n) is 18.2. The Morgan fingerprint density at radius 3 is 2.44 bits per heavy atom. The van der Waals surface area contributed by atoms with E-state index < -0.39 is 11.8 Å². The van der Waals surface area contributed by atoms with Crippen LogP contribution in [0.15, 0.2) is 54.2 Å². The molecule has 8 heteroatoms. The molecule has 1 fully saturated rings. The van der Waals surface area contributed by atoms with Gasteiger partial charge in [-0.05, 0) is 92.7 Å². The van der Waals surface area contributed by atoms with Gasteiger partial charge in [-0.15, -0.1) is 0 Å². The summed E-state index contributed by atoms with van der Waals surface area (Å²) < 4.78 is 7.17. The van der Waals surface area contributed by atoms with E-state index in [0.29, 0.717) is 11.4 Å². The van der Waals surface area contributed by atoms with Gasteiger partial charge in [-0.3, -0.25) is 19.8 Å². The van der Waals surface area contributed by atoms with E-state index in [1.165, 1.54) is 4.90 Å². The maximum absolute atomic E-state index is 13.3. The molecule has 4 rings (SSSR count). The summed E-state index contributed by atoms with van der Waals surface area (Å²) in [6.45, 7) is 5.89. The lowest BCUT2D eigenvalue weighted by Crippen LogP contribution is -2.54. The molecule has 1 aliphatic heterocycles. The minimum Gasteiger partial charge on any atom is -0.497 e. The number of amides is 2. The number of rotatable bonds is 4. The number of aromatic nitrogens is 2. The van der Waals surface area contributed by atoms with Crippen molar-refractivity contribution in [3.05, 3.63) is 76.7 Å². The lowest BCUT2D eigenvalue weighted by atomic mass is 10.1. The van der Waals surface area contributed by atoms with Gasteiger partial charge in [0, 0.05) is 17.6 Å². The molecular formula is C24H22N4O3S. The second-order valence-corrected chi connectivity index (χ2v) is 7.90. The van der Waals surface area contributed by atoms with Gasteiger partial charge in [0.05, 0.1) is 12.8 Å². The summed E-state index contributed by atoms with van der Waals surface area (Å²) in [5.74, 6) is 0.428. The Balaban J connectivity index is 1.74. The Morgan fingerprint density at radius 2 is 1.78 bits per heavy atom. The minimum absolute atomic E-state index is 0.00636. The van der Waals surface area contributed by atoms with Crippen LogP contribution in [0.1, 0.15) is 22.5 Å². The van der Waals surface area contributed by atoms with E-state index in [0.717, 1.165) is 28.3 Å². The number of hydrogen-bond donors (Lipinski definition) is 1. The zero-order chi connectivity index (χ0) is 23.0. The molecule has 3 heterocycles. The highest BCUT2D eigenvalue weighted by Gasteiger charge is 2.34. The average molecular weight is 447 g/mol. The first kappa shape index (κ1) is 21.5. The second-order valence-electron chi connectivity index (χ2n) is 7.51. The second kappa shape index (κ2) is 8.39. The molecule has 2 amide bonds. The average Bonchev–Trinajstić information content (AvgIpc) is 3.04. The van der Waals surface area contributed by atoms with E-state index in [1.54, 1.807) is 43.6 Å². The lowest BCUT2D eigenvalue weighted by Gasteiger charge is -2.29. The van der Waals surface area contributed by atoms with E-state index >= 15 is 0 Å². The van der Waals surface area contributed by atoms with Gasteiger partial charge in [-0.1, -0.05) is 0 Å². The fourth-order valence-corrected chi connectivity index (χ4v) is 3.99. The number of aryl methyl sites for hydroxylation is 2. The smallest absolute Gasteiger partial charge is 0.270 e. The van der Waals surface area contributed by atoms with Gasteiger partial charge in [0.25, 0.3) is 11.8 Å². The van der Waals surface area contributed by atoms with Crippen molar-refractivity contribution in [3.8, 4) is 11.6 Å². The topological polar surface area (TPSA) is 76.5 Å². The van der Waals surface area contributed by atoms with E-state index in [9.17, 15) is 9.59 Å². The predicted molar refractivity (Wildman–Crippen MR) is 127 cm³/mol. The third-order valence-electron chi connectivity index (χ3n) is 5.33. The molecule has 0 saturated carbocycles. The van der Waals surface area contributed by atoms with Crippen molar-refractivity contribution >= 4 is 40.9 Å². The first-order valence-electron chi connectivity index (χ1n) is 9.97. The Kier molecular flexibility index (Phi) is 5.63. The zero-order valence-corrected chi connectivity index (χ0v) is 19.0. The molecule has 1 aromatic carbocycles. The van der Waals surface area contributed by atoms with Crippen molar-refractivity contribution in [1.29, 1.82) is 0 Å². The van der Waals surface area contributed by atoms with Crippen LogP contribution < -0.4 is 15.0 Å². The van der Waals surface area contributed by atoms with Gasteiger partial charge in [0.2, 0.25) is 0 Å². The van der Waals surface area contributed by atoms with Crippen LogP contribution in [0.3, 0.4) is 0 Å². The standard InChI is InChI=1S/C24H22N4O3S/c1-14-9-10-25-21(11-14)27-15(2)12-17(16(27)3)13-20-22(29)26-24(32)28(23(20)30)18-5-7-19(31-4)8-6-18/h5-13H,1-4H3,(H,26,29,32)/b20-13+. The molecule has 32 heavy (non-hydrogen) atoms. The molecule has 0 spiro atoms. The van der Waals surface area contributed by atoms with Crippen LogP contribution in [0.2, 0.25) is 0 Å². The number of ether oxygens (including phenoxy) is 1. The molecule has 1 saturated heterocycles. The summed E-state index contributed by atoms with van der Waals surface area (Å²) >= 11 is 5.27. The first-order chi connectivity index (χ1) is 15.3. The minimum atomic E-state index is -0.525. The number of nitrogens with zero attached hydrogens (tertiary/aromatic N) is 3. The summed E-state index contributed by atoms with van der Waals surface area (Å²) in [4.78, 5) is 31.7. The van der Waals surface area contributed by atoms with E-state index in [2.05, 4.69) is 10.3 Å². The number of hydrogen-bond acceptors (Lipinski definition) is 5. The number of pyridine rings is 1. The van der Waals surface area contributed by atoms with Crippen molar-refractivity contribution in [2.45, 2.75) is 20.8 Å². The Hall–Kier alpha value is -3.78. The van der Waals surface area contributed by atoms with Crippen LogP contribution >= 0.6 is 12.2 Å². The van der Waals surface area contributed by atoms with Gasteiger partial charge in [-0.25, -0.2) is 4.98 Å². The number of anilines is 1. The van der Waals surface area contributed by atoms with Crippen LogP contribution in [-0.2, 0) is 9.59 Å². The number of thiocarbonyl (C=S) groups is 1. The van der Waals surface area contributed by atoms with Crippen LogP contribution in [0, 0.1) is 20.8 Å². The summed E-state index contributed by atoms with van der Waals surface area (Å²) in [6.07, 6.45) is 3.36. The quantitative estimate of drug-likeness (QED) is 0.376. The van der Waals surface area contributed by atoms with Crippen LogP contribution in [-0.4, -0.2) is 33.6 Å². The van der Waals surface area contributed by atoms with Gasteiger partial charge < -0.3 is 9.30 Å². The highest BCUT2D eigenvalue weighted by atomic mass is 32.1. The van der Waals surface area contributed by atoms with E-state index in [1.807, 2.05) is 43.5 Å². The number of methoxy groups -OCH3 is 1. The number of carbonyl (C=O) groups excluding carboxylic acids is 2. The predicted octanol–water partition coefficient (Wildman–Crippen LogP) is 3.64. The molecule has 0 atom stereocenters. The molecule has 2 aromatic heterocycles. The molecule has 7 nitrogen and oxygen atoms in total. The van der Waals surface area contributed by atoms with Gasteiger partial charge in [0.15, 0.2) is 5.11 Å².